The van der Waals surface area contributed by atoms with E-state index in [0.717, 1.165) is 54.5 Å². The number of anilines is 2. The summed E-state index contributed by atoms with van der Waals surface area (Å²) in [6, 6.07) is 15.2. The maximum absolute atomic E-state index is 9.58. The lowest BCUT2D eigenvalue weighted by molar-refractivity contribution is 0.145. The van der Waals surface area contributed by atoms with Crippen molar-refractivity contribution >= 4 is 22.4 Å². The van der Waals surface area contributed by atoms with Crippen LogP contribution < -0.4 is 15.4 Å². The number of rotatable bonds is 3. The number of aliphatic hydroxyl groups excluding tert-OH is 1. The van der Waals surface area contributed by atoms with Crippen LogP contribution in [-0.4, -0.2) is 41.6 Å². The van der Waals surface area contributed by atoms with E-state index in [-0.39, 0.29) is 6.10 Å². The van der Waals surface area contributed by atoms with Crippen molar-refractivity contribution in [1.82, 2.24) is 10.2 Å². The van der Waals surface area contributed by atoms with Gasteiger partial charge in [-0.25, -0.2) is 0 Å². The summed E-state index contributed by atoms with van der Waals surface area (Å²) < 4.78 is 5.01. The van der Waals surface area contributed by atoms with Gasteiger partial charge in [0.1, 0.15) is 11.8 Å². The highest BCUT2D eigenvalue weighted by Gasteiger charge is 2.21. The fourth-order valence-corrected chi connectivity index (χ4v) is 3.60. The number of nitriles is 2. The molecule has 1 aliphatic heterocycles. The van der Waals surface area contributed by atoms with Gasteiger partial charge >= 0.3 is 0 Å². The van der Waals surface area contributed by atoms with Crippen LogP contribution in [0.25, 0.3) is 10.8 Å². The van der Waals surface area contributed by atoms with Gasteiger partial charge in [0.2, 0.25) is 0 Å². The molecule has 32 heavy (non-hydrogen) atoms. The number of hydrogen-bond donors (Lipinski definition) is 2. The molecule has 2 aromatic carbocycles. The molecule has 0 atom stereocenters. The average molecular weight is 431 g/mol. The minimum Gasteiger partial charge on any atom is -0.495 e. The van der Waals surface area contributed by atoms with Gasteiger partial charge in [-0.3, -0.25) is 0 Å². The number of aliphatic hydroxyl groups is 1. The van der Waals surface area contributed by atoms with Crippen LogP contribution in [0.4, 0.5) is 11.6 Å². The third kappa shape index (κ3) is 5.05. The zero-order chi connectivity index (χ0) is 23.1. The molecular weight excluding hydrogens is 404 g/mol. The van der Waals surface area contributed by atoms with Crippen LogP contribution in [0.15, 0.2) is 36.4 Å². The molecule has 1 fully saturated rings. The van der Waals surface area contributed by atoms with Crippen molar-refractivity contribution in [2.24, 2.45) is 0 Å². The summed E-state index contributed by atoms with van der Waals surface area (Å²) in [5.41, 5.74) is 8.18. The van der Waals surface area contributed by atoms with Crippen LogP contribution in [-0.2, 0) is 6.42 Å². The number of nitrogen functional groups attached to an aromatic ring is 1. The summed E-state index contributed by atoms with van der Waals surface area (Å²) in [4.78, 5) is 2.10. The molecule has 0 bridgehead atoms. The van der Waals surface area contributed by atoms with Crippen molar-refractivity contribution in [3.8, 4) is 17.9 Å². The Balaban J connectivity index is 0.000000207. The number of aromatic nitrogens is 2. The van der Waals surface area contributed by atoms with Crippen molar-refractivity contribution in [3.63, 3.8) is 0 Å². The molecule has 8 heteroatoms. The molecule has 3 aromatic rings. The zero-order valence-electron chi connectivity index (χ0n) is 18.2. The average Bonchev–Trinajstić information content (AvgIpc) is 2.84. The highest BCUT2D eigenvalue weighted by atomic mass is 16.5. The SMILES string of the molecule is CCc1ccc(OC)c(C#N)c1.N#Cc1ccc2c(N3CCC(O)CC3)nnc(N)c2c1. The third-order valence-corrected chi connectivity index (χ3v) is 5.47. The number of aryl methyl sites for hydroxylation is 1. The number of benzene rings is 2. The second kappa shape index (κ2) is 10.4. The molecular formula is C24H26N6O2. The lowest BCUT2D eigenvalue weighted by Gasteiger charge is -2.30. The number of methoxy groups -OCH3 is 1. The standard InChI is InChI=1S/C14H15N5O.C10H11NO/c15-8-9-1-2-11-12(7-9)13(16)17-18-14(11)19-5-3-10(20)4-6-19;1-3-8-4-5-10(12-2)9(6-8)7-11/h1-2,7,10,20H,3-6H2,(H2,16,17);4-6H,3H2,1-2H3. The molecule has 0 radical (unpaired) electrons. The van der Waals surface area contributed by atoms with Gasteiger partial charge in [-0.15, -0.1) is 10.2 Å². The monoisotopic (exact) mass is 430 g/mol. The number of hydrogen-bond acceptors (Lipinski definition) is 8. The predicted molar refractivity (Wildman–Crippen MR) is 123 cm³/mol. The van der Waals surface area contributed by atoms with Gasteiger partial charge in [-0.2, -0.15) is 10.5 Å². The van der Waals surface area contributed by atoms with Gasteiger partial charge in [0.25, 0.3) is 0 Å². The Bertz CT molecular complexity index is 1170. The molecule has 0 amide bonds. The van der Waals surface area contributed by atoms with E-state index in [2.05, 4.69) is 34.2 Å². The Morgan fingerprint density at radius 2 is 1.84 bits per heavy atom. The van der Waals surface area contributed by atoms with Crippen molar-refractivity contribution in [2.45, 2.75) is 32.3 Å². The molecule has 1 saturated heterocycles. The van der Waals surface area contributed by atoms with Crippen LogP contribution in [0, 0.1) is 22.7 Å². The van der Waals surface area contributed by atoms with Crippen LogP contribution in [0.5, 0.6) is 5.75 Å². The third-order valence-electron chi connectivity index (χ3n) is 5.47. The quantitative estimate of drug-likeness (QED) is 0.647. The van der Waals surface area contributed by atoms with E-state index in [9.17, 15) is 5.11 Å². The lowest BCUT2D eigenvalue weighted by Crippen LogP contribution is -2.36. The summed E-state index contributed by atoms with van der Waals surface area (Å²) in [6.45, 7) is 3.55. The van der Waals surface area contributed by atoms with E-state index in [4.69, 9.17) is 21.0 Å². The second-order valence-corrected chi connectivity index (χ2v) is 7.50. The first-order chi connectivity index (χ1) is 15.5. The van der Waals surface area contributed by atoms with Crippen LogP contribution in [0.3, 0.4) is 0 Å². The first-order valence-electron chi connectivity index (χ1n) is 10.5. The summed E-state index contributed by atoms with van der Waals surface area (Å²) in [5.74, 6) is 1.75. The first kappa shape index (κ1) is 22.8. The van der Waals surface area contributed by atoms with Gasteiger partial charge in [-0.05, 0) is 55.2 Å². The molecule has 8 nitrogen and oxygen atoms in total. The van der Waals surface area contributed by atoms with Gasteiger partial charge in [0.15, 0.2) is 11.6 Å². The van der Waals surface area contributed by atoms with Gasteiger partial charge < -0.3 is 20.5 Å². The Labute approximate surface area is 187 Å². The molecule has 4 rings (SSSR count). The van der Waals surface area contributed by atoms with Crippen molar-refractivity contribution < 1.29 is 9.84 Å². The maximum atomic E-state index is 9.58. The minimum atomic E-state index is -0.232. The molecule has 1 aromatic heterocycles. The second-order valence-electron chi connectivity index (χ2n) is 7.50. The van der Waals surface area contributed by atoms with Crippen LogP contribution >= 0.6 is 0 Å². The Kier molecular flexibility index (Phi) is 7.43. The smallest absolute Gasteiger partial charge is 0.159 e. The summed E-state index contributed by atoms with van der Waals surface area (Å²) >= 11 is 0. The Morgan fingerprint density at radius 3 is 2.47 bits per heavy atom. The summed E-state index contributed by atoms with van der Waals surface area (Å²) in [5, 5.41) is 37.1. The van der Waals surface area contributed by atoms with E-state index in [1.165, 1.54) is 0 Å². The molecule has 0 saturated carbocycles. The number of nitrogens with two attached hydrogens (primary N) is 1. The molecule has 2 heterocycles. The topological polar surface area (TPSA) is 132 Å². The minimum absolute atomic E-state index is 0.232. The van der Waals surface area contributed by atoms with Crippen molar-refractivity contribution in [2.75, 3.05) is 30.8 Å². The number of ether oxygens (including phenoxy) is 1. The number of fused-ring (bicyclic) bond motifs is 1. The van der Waals surface area contributed by atoms with E-state index in [1.807, 2.05) is 24.3 Å². The molecule has 0 unspecified atom stereocenters. The molecule has 3 N–H and O–H groups in total. The number of nitrogens with zero attached hydrogens (tertiary/aromatic N) is 5. The van der Waals surface area contributed by atoms with E-state index in [1.54, 1.807) is 19.2 Å². The highest BCUT2D eigenvalue weighted by molar-refractivity contribution is 5.98. The van der Waals surface area contributed by atoms with Gasteiger partial charge in [0, 0.05) is 23.9 Å². The fourth-order valence-electron chi connectivity index (χ4n) is 3.60. The largest absolute Gasteiger partial charge is 0.495 e. The van der Waals surface area contributed by atoms with E-state index >= 15 is 0 Å². The van der Waals surface area contributed by atoms with Crippen LogP contribution in [0.2, 0.25) is 0 Å². The molecule has 0 spiro atoms. The lowest BCUT2D eigenvalue weighted by atomic mass is 10.1. The first-order valence-corrected chi connectivity index (χ1v) is 10.5. The van der Waals surface area contributed by atoms with Crippen LogP contribution in [0.1, 0.15) is 36.5 Å². The summed E-state index contributed by atoms with van der Waals surface area (Å²) in [7, 11) is 1.57. The van der Waals surface area contributed by atoms with E-state index in [0.29, 0.717) is 22.7 Å². The Hall–Kier alpha value is -3.88. The van der Waals surface area contributed by atoms with Crippen molar-refractivity contribution in [1.29, 1.82) is 10.5 Å². The maximum Gasteiger partial charge on any atom is 0.159 e. The normalized spacial score (nSPS) is 13.6. The molecule has 0 aliphatic carbocycles. The molecule has 164 valence electrons. The highest BCUT2D eigenvalue weighted by Crippen LogP contribution is 2.29. The molecule has 1 aliphatic rings. The predicted octanol–water partition coefficient (Wildman–Crippen LogP) is 3.17. The fraction of sp³-hybridized carbons (Fsp3) is 0.333. The number of piperidine rings is 1. The van der Waals surface area contributed by atoms with E-state index < -0.39 is 0 Å². The van der Waals surface area contributed by atoms with Crippen molar-refractivity contribution in [3.05, 3.63) is 53.1 Å². The summed E-state index contributed by atoms with van der Waals surface area (Å²) in [6.07, 6.45) is 2.16. The van der Waals surface area contributed by atoms with Gasteiger partial charge in [-0.1, -0.05) is 13.0 Å². The van der Waals surface area contributed by atoms with Gasteiger partial charge in [0.05, 0.1) is 30.4 Å². The zero-order valence-corrected chi connectivity index (χ0v) is 18.2. The Morgan fingerprint density at radius 1 is 1.09 bits per heavy atom.